The molecule has 0 bridgehead atoms. The number of rotatable bonds is 4. The van der Waals surface area contributed by atoms with Crippen molar-refractivity contribution < 1.29 is 9.53 Å². The summed E-state index contributed by atoms with van der Waals surface area (Å²) >= 11 is 16.9. The van der Waals surface area contributed by atoms with Gasteiger partial charge in [0.25, 0.3) is 5.91 Å². The van der Waals surface area contributed by atoms with E-state index in [0.29, 0.717) is 15.8 Å². The van der Waals surface area contributed by atoms with Gasteiger partial charge in [-0.3, -0.25) is 10.1 Å². The third kappa shape index (κ3) is 5.39. The summed E-state index contributed by atoms with van der Waals surface area (Å²) in [5, 5.41) is 6.54. The van der Waals surface area contributed by atoms with Crippen LogP contribution in [0.1, 0.15) is 5.56 Å². The van der Waals surface area contributed by atoms with Crippen molar-refractivity contribution in [2.24, 2.45) is 0 Å². The highest BCUT2D eigenvalue weighted by Gasteiger charge is 2.09. The molecule has 0 aliphatic rings. The summed E-state index contributed by atoms with van der Waals surface area (Å²) < 4.78 is 5.34. The quantitative estimate of drug-likeness (QED) is 0.794. The first kappa shape index (κ1) is 17.5. The summed E-state index contributed by atoms with van der Waals surface area (Å²) in [4.78, 5) is 11.8. The van der Waals surface area contributed by atoms with Crippen LogP contribution in [0.4, 0.5) is 5.69 Å². The fourth-order valence-corrected chi connectivity index (χ4v) is 2.45. The smallest absolute Gasteiger partial charge is 0.264 e. The predicted octanol–water partition coefficient (Wildman–Crippen LogP) is 4.19. The van der Waals surface area contributed by atoms with E-state index in [0.717, 1.165) is 11.3 Å². The van der Waals surface area contributed by atoms with Crippen molar-refractivity contribution in [3.05, 3.63) is 58.1 Å². The van der Waals surface area contributed by atoms with E-state index in [1.165, 1.54) is 0 Å². The van der Waals surface area contributed by atoms with Gasteiger partial charge in [0.05, 0.1) is 5.02 Å². The minimum Gasteiger partial charge on any atom is -0.482 e. The second-order valence-electron chi connectivity index (χ2n) is 4.68. The molecule has 1 amide bonds. The Bertz CT molecular complexity index is 738. The number of para-hydroxylation sites is 1. The Morgan fingerprint density at radius 2 is 1.96 bits per heavy atom. The predicted molar refractivity (Wildman–Crippen MR) is 97.5 cm³/mol. The van der Waals surface area contributed by atoms with Crippen LogP contribution in [0.5, 0.6) is 5.75 Å². The van der Waals surface area contributed by atoms with E-state index in [-0.39, 0.29) is 17.6 Å². The van der Waals surface area contributed by atoms with E-state index in [2.05, 4.69) is 10.6 Å². The van der Waals surface area contributed by atoms with Gasteiger partial charge in [-0.25, -0.2) is 0 Å². The van der Waals surface area contributed by atoms with Crippen molar-refractivity contribution in [2.45, 2.75) is 6.92 Å². The maximum atomic E-state index is 11.8. The number of hydrogen-bond donors (Lipinski definition) is 2. The van der Waals surface area contributed by atoms with E-state index in [9.17, 15) is 4.79 Å². The first-order chi connectivity index (χ1) is 11.0. The van der Waals surface area contributed by atoms with Crippen molar-refractivity contribution in [3.8, 4) is 5.75 Å². The molecule has 0 aliphatic heterocycles. The molecule has 0 saturated heterocycles. The van der Waals surface area contributed by atoms with Crippen molar-refractivity contribution in [3.63, 3.8) is 0 Å². The van der Waals surface area contributed by atoms with Crippen LogP contribution in [0, 0.1) is 6.92 Å². The van der Waals surface area contributed by atoms with Gasteiger partial charge in [-0.2, -0.15) is 0 Å². The molecule has 0 aromatic heterocycles. The Kier molecular flexibility index (Phi) is 6.21. The van der Waals surface area contributed by atoms with Gasteiger partial charge in [-0.05, 0) is 49.0 Å². The Hall–Kier alpha value is -1.82. The molecule has 4 nitrogen and oxygen atoms in total. The van der Waals surface area contributed by atoms with Crippen LogP contribution in [0.15, 0.2) is 42.5 Å². The van der Waals surface area contributed by atoms with E-state index in [1.807, 2.05) is 31.2 Å². The molecular formula is C16H14Cl2N2O2S. The topological polar surface area (TPSA) is 50.4 Å². The number of ether oxygens (including phenoxy) is 1. The van der Waals surface area contributed by atoms with E-state index < -0.39 is 0 Å². The first-order valence-corrected chi connectivity index (χ1v) is 7.86. The number of carbonyl (C=O) groups excluding carboxylic acids is 1. The summed E-state index contributed by atoms with van der Waals surface area (Å²) in [6.45, 7) is 1.73. The lowest BCUT2D eigenvalue weighted by Crippen LogP contribution is -2.37. The Morgan fingerprint density at radius 1 is 1.22 bits per heavy atom. The van der Waals surface area contributed by atoms with Crippen molar-refractivity contribution in [1.29, 1.82) is 0 Å². The molecule has 0 saturated carbocycles. The number of hydrogen-bond acceptors (Lipinski definition) is 3. The molecule has 23 heavy (non-hydrogen) atoms. The molecule has 0 unspecified atom stereocenters. The summed E-state index contributed by atoms with van der Waals surface area (Å²) in [6, 6.07) is 12.4. The van der Waals surface area contributed by atoms with E-state index in [4.69, 9.17) is 40.2 Å². The van der Waals surface area contributed by atoms with Crippen LogP contribution in [-0.4, -0.2) is 17.6 Å². The number of amides is 1. The lowest BCUT2D eigenvalue weighted by atomic mass is 10.2. The van der Waals surface area contributed by atoms with Gasteiger partial charge in [0.15, 0.2) is 11.7 Å². The van der Waals surface area contributed by atoms with Crippen LogP contribution in [0.3, 0.4) is 0 Å². The number of halogens is 2. The van der Waals surface area contributed by atoms with E-state index in [1.54, 1.807) is 18.2 Å². The molecule has 2 aromatic carbocycles. The number of thiocarbonyl (C=S) groups is 1. The zero-order valence-corrected chi connectivity index (χ0v) is 14.6. The fraction of sp³-hybridized carbons (Fsp3) is 0.125. The SMILES string of the molecule is Cc1ccccc1NC(=S)NC(=O)COc1ccc(Cl)cc1Cl. The van der Waals surface area contributed by atoms with Crippen molar-refractivity contribution >= 4 is 52.1 Å². The average Bonchev–Trinajstić information content (AvgIpc) is 2.48. The number of aryl methyl sites for hydroxylation is 1. The molecular weight excluding hydrogens is 355 g/mol. The van der Waals surface area contributed by atoms with Crippen LogP contribution in [0.25, 0.3) is 0 Å². The van der Waals surface area contributed by atoms with Crippen LogP contribution in [0.2, 0.25) is 10.0 Å². The zero-order valence-electron chi connectivity index (χ0n) is 12.2. The zero-order chi connectivity index (χ0) is 16.8. The number of benzene rings is 2. The summed E-state index contributed by atoms with van der Waals surface area (Å²) in [7, 11) is 0. The molecule has 0 fully saturated rings. The van der Waals surface area contributed by atoms with Gasteiger partial charge in [-0.15, -0.1) is 0 Å². The Morgan fingerprint density at radius 3 is 2.65 bits per heavy atom. The number of anilines is 1. The molecule has 2 aromatic rings. The first-order valence-electron chi connectivity index (χ1n) is 6.70. The van der Waals surface area contributed by atoms with Crippen molar-refractivity contribution in [2.75, 3.05) is 11.9 Å². The third-order valence-electron chi connectivity index (χ3n) is 2.90. The molecule has 0 radical (unpaired) electrons. The second-order valence-corrected chi connectivity index (χ2v) is 5.93. The molecule has 0 aliphatic carbocycles. The van der Waals surface area contributed by atoms with Crippen LogP contribution in [-0.2, 0) is 4.79 Å². The van der Waals surface area contributed by atoms with Gasteiger partial charge in [0.1, 0.15) is 5.75 Å². The van der Waals surface area contributed by atoms with Gasteiger partial charge in [-0.1, -0.05) is 41.4 Å². The minimum absolute atomic E-state index is 0.204. The van der Waals surface area contributed by atoms with Gasteiger partial charge >= 0.3 is 0 Å². The van der Waals surface area contributed by atoms with Gasteiger partial charge in [0, 0.05) is 10.7 Å². The maximum absolute atomic E-state index is 11.8. The normalized spacial score (nSPS) is 10.0. The second kappa shape index (κ2) is 8.15. The lowest BCUT2D eigenvalue weighted by molar-refractivity contribution is -0.121. The van der Waals surface area contributed by atoms with Crippen molar-refractivity contribution in [1.82, 2.24) is 5.32 Å². The Balaban J connectivity index is 1.85. The average molecular weight is 369 g/mol. The highest BCUT2D eigenvalue weighted by molar-refractivity contribution is 7.80. The van der Waals surface area contributed by atoms with Crippen LogP contribution >= 0.6 is 35.4 Å². The lowest BCUT2D eigenvalue weighted by Gasteiger charge is -2.12. The monoisotopic (exact) mass is 368 g/mol. The highest BCUT2D eigenvalue weighted by atomic mass is 35.5. The highest BCUT2D eigenvalue weighted by Crippen LogP contribution is 2.27. The molecule has 2 N–H and O–H groups in total. The maximum Gasteiger partial charge on any atom is 0.264 e. The van der Waals surface area contributed by atoms with Gasteiger partial charge in [0.2, 0.25) is 0 Å². The summed E-state index contributed by atoms with van der Waals surface area (Å²) in [5.41, 5.74) is 1.85. The molecule has 0 heterocycles. The minimum atomic E-state index is -0.387. The molecule has 0 spiro atoms. The summed E-state index contributed by atoms with van der Waals surface area (Å²) in [5.74, 6) is -0.00824. The standard InChI is InChI=1S/C16H14Cl2N2O2S/c1-10-4-2-3-5-13(10)19-16(23)20-15(21)9-22-14-7-6-11(17)8-12(14)18/h2-8H,9H2,1H3,(H2,19,20,21,23). The summed E-state index contributed by atoms with van der Waals surface area (Å²) in [6.07, 6.45) is 0. The van der Waals surface area contributed by atoms with Crippen LogP contribution < -0.4 is 15.4 Å². The van der Waals surface area contributed by atoms with Gasteiger partial charge < -0.3 is 10.1 Å². The third-order valence-corrected chi connectivity index (χ3v) is 3.63. The Labute approximate surface area is 149 Å². The molecule has 2 rings (SSSR count). The fourth-order valence-electron chi connectivity index (χ4n) is 1.76. The molecule has 7 heteroatoms. The molecule has 120 valence electrons. The molecule has 0 atom stereocenters. The van der Waals surface area contributed by atoms with E-state index >= 15 is 0 Å². The number of carbonyl (C=O) groups is 1. The largest absolute Gasteiger partial charge is 0.482 e. The number of nitrogens with one attached hydrogen (secondary N) is 2.